The van der Waals surface area contributed by atoms with E-state index in [0.717, 1.165) is 25.8 Å². The summed E-state index contributed by atoms with van der Waals surface area (Å²) in [6.45, 7) is 3.14. The first-order valence-corrected chi connectivity index (χ1v) is 9.17. The summed E-state index contributed by atoms with van der Waals surface area (Å²) in [6.07, 6.45) is 4.77. The molecule has 0 spiro atoms. The van der Waals surface area contributed by atoms with Gasteiger partial charge in [-0.3, -0.25) is 4.90 Å². The van der Waals surface area contributed by atoms with Gasteiger partial charge < -0.3 is 9.67 Å². The number of aliphatic hydroxyl groups is 1. The molecule has 4 nitrogen and oxygen atoms in total. The van der Waals surface area contributed by atoms with Crippen LogP contribution in [0.4, 0.5) is 0 Å². The molecule has 0 unspecified atom stereocenters. The lowest BCUT2D eigenvalue weighted by atomic mass is 9.78. The molecule has 130 valence electrons. The number of aliphatic hydroxyl groups excluding tert-OH is 1. The average molecular weight is 335 g/mol. The van der Waals surface area contributed by atoms with Crippen LogP contribution in [0.25, 0.3) is 10.9 Å². The van der Waals surface area contributed by atoms with E-state index in [4.69, 9.17) is 0 Å². The van der Waals surface area contributed by atoms with Gasteiger partial charge in [0.25, 0.3) is 0 Å². The number of fused-ring (bicyclic) bond motifs is 5. The monoisotopic (exact) mass is 335 g/mol. The summed E-state index contributed by atoms with van der Waals surface area (Å²) in [4.78, 5) is 2.38. The molecule has 4 rings (SSSR count). The van der Waals surface area contributed by atoms with Crippen molar-refractivity contribution in [2.45, 2.75) is 38.3 Å². The van der Waals surface area contributed by atoms with Crippen molar-refractivity contribution in [3.05, 3.63) is 47.2 Å². The SMILES string of the molecule is C/C=C1/CN2[C@@H](C#N)Cc3c(n(C)c4ccccc34)[C@@H]2C[C@@H]1CCO. The van der Waals surface area contributed by atoms with E-state index >= 15 is 0 Å². The largest absolute Gasteiger partial charge is 0.396 e. The lowest BCUT2D eigenvalue weighted by Gasteiger charge is -2.46. The van der Waals surface area contributed by atoms with Crippen LogP contribution in [0, 0.1) is 17.2 Å². The molecule has 1 aromatic heterocycles. The summed E-state index contributed by atoms with van der Waals surface area (Å²) in [5.41, 5.74) is 5.33. The van der Waals surface area contributed by atoms with Crippen LogP contribution in [0.15, 0.2) is 35.9 Å². The summed E-state index contributed by atoms with van der Waals surface area (Å²) in [7, 11) is 2.15. The summed E-state index contributed by atoms with van der Waals surface area (Å²) in [5, 5.41) is 20.6. The Labute approximate surface area is 149 Å². The molecule has 1 fully saturated rings. The van der Waals surface area contributed by atoms with E-state index < -0.39 is 0 Å². The van der Waals surface area contributed by atoms with Gasteiger partial charge in [0.15, 0.2) is 0 Å². The minimum atomic E-state index is -0.0756. The topological polar surface area (TPSA) is 52.2 Å². The van der Waals surface area contributed by atoms with Crippen molar-refractivity contribution in [1.82, 2.24) is 9.47 Å². The quantitative estimate of drug-likeness (QED) is 0.857. The van der Waals surface area contributed by atoms with Crippen LogP contribution < -0.4 is 0 Å². The first kappa shape index (κ1) is 16.4. The highest BCUT2D eigenvalue weighted by atomic mass is 16.3. The molecular weight excluding hydrogens is 310 g/mol. The second-order valence-corrected chi connectivity index (χ2v) is 7.29. The van der Waals surface area contributed by atoms with Crippen LogP contribution in [0.5, 0.6) is 0 Å². The molecule has 0 bridgehead atoms. The fourth-order valence-electron chi connectivity index (χ4n) is 4.95. The highest BCUT2D eigenvalue weighted by Crippen LogP contribution is 2.46. The van der Waals surface area contributed by atoms with Crippen LogP contribution in [0.1, 0.15) is 37.1 Å². The highest BCUT2D eigenvalue weighted by Gasteiger charge is 2.42. The van der Waals surface area contributed by atoms with Crippen LogP contribution >= 0.6 is 0 Å². The van der Waals surface area contributed by atoms with Crippen molar-refractivity contribution in [2.24, 2.45) is 13.0 Å². The van der Waals surface area contributed by atoms with E-state index in [1.165, 1.54) is 27.7 Å². The Balaban J connectivity index is 1.86. The highest BCUT2D eigenvalue weighted by molar-refractivity contribution is 5.86. The Kier molecular flexibility index (Phi) is 4.15. The van der Waals surface area contributed by atoms with Gasteiger partial charge in [-0.1, -0.05) is 29.8 Å². The summed E-state index contributed by atoms with van der Waals surface area (Å²) >= 11 is 0. The molecule has 1 saturated heterocycles. The fraction of sp³-hybridized carbons (Fsp3) is 0.476. The summed E-state index contributed by atoms with van der Waals surface area (Å²) < 4.78 is 2.33. The van der Waals surface area contributed by atoms with Crippen molar-refractivity contribution in [3.63, 3.8) is 0 Å². The molecule has 1 N–H and O–H groups in total. The molecular formula is C21H25N3O. The molecule has 2 aromatic rings. The van der Waals surface area contributed by atoms with Gasteiger partial charge in [0.1, 0.15) is 6.04 Å². The maximum absolute atomic E-state index is 9.80. The lowest BCUT2D eigenvalue weighted by Crippen LogP contribution is -2.48. The molecule has 25 heavy (non-hydrogen) atoms. The van der Waals surface area contributed by atoms with Crippen molar-refractivity contribution in [1.29, 1.82) is 5.26 Å². The zero-order valence-electron chi connectivity index (χ0n) is 14.9. The number of benzene rings is 1. The molecule has 0 radical (unpaired) electrons. The average Bonchev–Trinajstić information content (AvgIpc) is 2.93. The second-order valence-electron chi connectivity index (χ2n) is 7.29. The molecule has 0 saturated carbocycles. The number of aryl methyl sites for hydroxylation is 1. The summed E-state index contributed by atoms with van der Waals surface area (Å²) in [6, 6.07) is 11.3. The summed E-state index contributed by atoms with van der Waals surface area (Å²) in [5.74, 6) is 0.402. The number of nitriles is 1. The third-order valence-corrected chi connectivity index (χ3v) is 6.17. The van der Waals surface area contributed by atoms with E-state index in [1.54, 1.807) is 0 Å². The van der Waals surface area contributed by atoms with E-state index in [0.29, 0.717) is 5.92 Å². The normalized spacial score (nSPS) is 27.9. The van der Waals surface area contributed by atoms with Crippen molar-refractivity contribution < 1.29 is 5.11 Å². The van der Waals surface area contributed by atoms with Gasteiger partial charge in [-0.05, 0) is 37.3 Å². The van der Waals surface area contributed by atoms with Crippen molar-refractivity contribution >= 4 is 10.9 Å². The predicted octanol–water partition coefficient (Wildman–Crippen LogP) is 3.32. The number of hydrogen-bond acceptors (Lipinski definition) is 3. The van der Waals surface area contributed by atoms with Gasteiger partial charge in [-0.25, -0.2) is 0 Å². The van der Waals surface area contributed by atoms with Crippen LogP contribution in [0.2, 0.25) is 0 Å². The molecule has 4 heteroatoms. The van der Waals surface area contributed by atoms with Crippen LogP contribution in [-0.2, 0) is 13.5 Å². The van der Waals surface area contributed by atoms with Crippen molar-refractivity contribution in [2.75, 3.05) is 13.2 Å². The standard InChI is InChI=1S/C21H25N3O/c1-3-14-13-24-16(12-22)11-18-17-6-4-5-7-19(17)23(2)21(18)20(24)10-15(14)8-9-25/h3-7,15-16,20,25H,8-11,13H2,1-2H3/b14-3-/t15-,16+,20-/m0/s1. The minimum Gasteiger partial charge on any atom is -0.396 e. The predicted molar refractivity (Wildman–Crippen MR) is 99.0 cm³/mol. The van der Waals surface area contributed by atoms with Crippen molar-refractivity contribution in [3.8, 4) is 6.07 Å². The first-order valence-electron chi connectivity index (χ1n) is 9.17. The molecule has 2 aliphatic heterocycles. The number of aromatic nitrogens is 1. The molecule has 0 amide bonds. The number of allylic oxidation sites excluding steroid dienone is 1. The Morgan fingerprint density at radius 1 is 1.36 bits per heavy atom. The number of para-hydroxylation sites is 1. The van der Waals surface area contributed by atoms with Crippen LogP contribution in [0.3, 0.4) is 0 Å². The number of hydrogen-bond donors (Lipinski definition) is 1. The minimum absolute atomic E-state index is 0.0756. The van der Waals surface area contributed by atoms with E-state index in [1.807, 2.05) is 0 Å². The van der Waals surface area contributed by atoms with Gasteiger partial charge in [0.2, 0.25) is 0 Å². The van der Waals surface area contributed by atoms with E-state index in [9.17, 15) is 10.4 Å². The van der Waals surface area contributed by atoms with Gasteiger partial charge in [0, 0.05) is 43.2 Å². The Hall–Kier alpha value is -2.09. The van der Waals surface area contributed by atoms with Gasteiger partial charge in [0.05, 0.1) is 12.1 Å². The Morgan fingerprint density at radius 3 is 2.88 bits per heavy atom. The smallest absolute Gasteiger partial charge is 0.103 e. The molecule has 0 aliphatic carbocycles. The first-order chi connectivity index (χ1) is 12.2. The number of nitrogens with zero attached hydrogens (tertiary/aromatic N) is 3. The molecule has 1 aromatic carbocycles. The van der Waals surface area contributed by atoms with Crippen LogP contribution in [-0.4, -0.2) is 33.8 Å². The zero-order valence-corrected chi connectivity index (χ0v) is 14.9. The maximum Gasteiger partial charge on any atom is 0.103 e. The van der Waals surface area contributed by atoms with Gasteiger partial charge in [-0.2, -0.15) is 5.26 Å². The Bertz CT molecular complexity index is 873. The second kappa shape index (κ2) is 6.33. The Morgan fingerprint density at radius 2 is 2.16 bits per heavy atom. The number of piperidine rings is 1. The van der Waals surface area contributed by atoms with Gasteiger partial charge >= 0.3 is 0 Å². The van der Waals surface area contributed by atoms with E-state index in [-0.39, 0.29) is 18.7 Å². The lowest BCUT2D eigenvalue weighted by molar-refractivity contribution is 0.0975. The third kappa shape index (κ3) is 2.42. The molecule has 2 aliphatic rings. The van der Waals surface area contributed by atoms with Gasteiger partial charge in [-0.15, -0.1) is 0 Å². The molecule has 3 atom stereocenters. The third-order valence-electron chi connectivity index (χ3n) is 6.17. The zero-order chi connectivity index (χ0) is 17.6. The van der Waals surface area contributed by atoms with E-state index in [2.05, 4.69) is 59.8 Å². The maximum atomic E-state index is 9.80. The molecule has 3 heterocycles. The fourth-order valence-corrected chi connectivity index (χ4v) is 4.95. The number of rotatable bonds is 2.